The molecule has 0 bridgehead atoms. The zero-order chi connectivity index (χ0) is 13.0. The lowest BCUT2D eigenvalue weighted by atomic mass is 10.0. The van der Waals surface area contributed by atoms with Crippen LogP contribution >= 0.6 is 0 Å². The topological polar surface area (TPSA) is 69.6 Å². The van der Waals surface area contributed by atoms with Gasteiger partial charge in [-0.3, -0.25) is 0 Å². The summed E-state index contributed by atoms with van der Waals surface area (Å²) in [4.78, 5) is 24.7. The van der Waals surface area contributed by atoms with Crippen molar-refractivity contribution < 1.29 is 14.7 Å². The molecule has 17 heavy (non-hydrogen) atoms. The Bertz CT molecular complexity index is 287. The van der Waals surface area contributed by atoms with Crippen LogP contribution in [0, 0.1) is 5.92 Å². The highest BCUT2D eigenvalue weighted by atomic mass is 16.4. The van der Waals surface area contributed by atoms with Crippen LogP contribution in [0.5, 0.6) is 0 Å². The zero-order valence-corrected chi connectivity index (χ0v) is 10.8. The number of rotatable bonds is 6. The van der Waals surface area contributed by atoms with Crippen molar-refractivity contribution in [3.05, 3.63) is 0 Å². The summed E-state index contributed by atoms with van der Waals surface area (Å²) in [5, 5.41) is 11.7. The Balaban J connectivity index is 2.53. The van der Waals surface area contributed by atoms with Gasteiger partial charge in [-0.1, -0.05) is 13.8 Å². The predicted molar refractivity (Wildman–Crippen MR) is 64.8 cm³/mol. The molecule has 0 heterocycles. The highest BCUT2D eigenvalue weighted by Gasteiger charge is 2.33. The molecule has 0 aromatic rings. The summed E-state index contributed by atoms with van der Waals surface area (Å²) in [5.41, 5.74) is 0. The van der Waals surface area contributed by atoms with Crippen molar-refractivity contribution in [3.63, 3.8) is 0 Å². The predicted octanol–water partition coefficient (Wildman–Crippen LogP) is 1.68. The van der Waals surface area contributed by atoms with Gasteiger partial charge in [0.1, 0.15) is 6.04 Å². The highest BCUT2D eigenvalue weighted by molar-refractivity contribution is 5.82. The van der Waals surface area contributed by atoms with Crippen molar-refractivity contribution >= 4 is 12.0 Å². The van der Waals surface area contributed by atoms with Gasteiger partial charge in [0, 0.05) is 12.6 Å². The van der Waals surface area contributed by atoms with Crippen LogP contribution in [-0.2, 0) is 4.79 Å². The second kappa shape index (κ2) is 5.89. The number of hydrogen-bond acceptors (Lipinski definition) is 2. The largest absolute Gasteiger partial charge is 0.480 e. The normalized spacial score (nSPS) is 16.7. The monoisotopic (exact) mass is 242 g/mol. The Hall–Kier alpha value is -1.26. The third kappa shape index (κ3) is 4.24. The van der Waals surface area contributed by atoms with E-state index >= 15 is 0 Å². The Kier molecular flexibility index (Phi) is 4.78. The average Bonchev–Trinajstić information content (AvgIpc) is 3.01. The fourth-order valence-corrected chi connectivity index (χ4v) is 1.88. The molecule has 0 saturated heterocycles. The number of carbonyl (C=O) groups is 2. The van der Waals surface area contributed by atoms with Gasteiger partial charge in [0.2, 0.25) is 0 Å². The minimum absolute atomic E-state index is 0.243. The summed E-state index contributed by atoms with van der Waals surface area (Å²) >= 11 is 0. The molecule has 0 aromatic carbocycles. The molecule has 0 aromatic heterocycles. The standard InChI is InChI=1S/C12H22N2O3/c1-4-14(9-5-6-9)12(17)13-10(11(15)16)7-8(2)3/h8-10H,4-7H2,1-3H3,(H,13,17)(H,15,16)/t10-/m0/s1. The number of urea groups is 1. The molecule has 0 aliphatic heterocycles. The van der Waals surface area contributed by atoms with Crippen molar-refractivity contribution in [3.8, 4) is 0 Å². The van der Waals surface area contributed by atoms with E-state index in [1.165, 1.54) is 0 Å². The van der Waals surface area contributed by atoms with Gasteiger partial charge in [-0.05, 0) is 32.1 Å². The van der Waals surface area contributed by atoms with E-state index in [-0.39, 0.29) is 11.9 Å². The van der Waals surface area contributed by atoms with Gasteiger partial charge >= 0.3 is 12.0 Å². The lowest BCUT2D eigenvalue weighted by molar-refractivity contribution is -0.139. The third-order valence-corrected chi connectivity index (χ3v) is 2.89. The van der Waals surface area contributed by atoms with Gasteiger partial charge in [0.05, 0.1) is 0 Å². The molecule has 1 atom stereocenters. The molecule has 1 aliphatic carbocycles. The van der Waals surface area contributed by atoms with Crippen LogP contribution in [0.4, 0.5) is 4.79 Å². The lowest BCUT2D eigenvalue weighted by Gasteiger charge is -2.24. The van der Waals surface area contributed by atoms with Crippen molar-refractivity contribution in [2.45, 2.75) is 52.1 Å². The van der Waals surface area contributed by atoms with Crippen molar-refractivity contribution in [2.24, 2.45) is 5.92 Å². The summed E-state index contributed by atoms with van der Waals surface area (Å²) in [7, 11) is 0. The van der Waals surface area contributed by atoms with E-state index in [0.29, 0.717) is 19.0 Å². The van der Waals surface area contributed by atoms with E-state index in [9.17, 15) is 9.59 Å². The van der Waals surface area contributed by atoms with Crippen LogP contribution in [0.1, 0.15) is 40.0 Å². The maximum Gasteiger partial charge on any atom is 0.326 e. The molecular formula is C12H22N2O3. The molecular weight excluding hydrogens is 220 g/mol. The molecule has 0 radical (unpaired) electrons. The molecule has 1 rings (SSSR count). The van der Waals surface area contributed by atoms with Gasteiger partial charge in [0.25, 0.3) is 0 Å². The first-order valence-corrected chi connectivity index (χ1v) is 6.25. The summed E-state index contributed by atoms with van der Waals surface area (Å²) in [5.74, 6) is -0.716. The van der Waals surface area contributed by atoms with E-state index in [0.717, 1.165) is 12.8 Å². The number of carbonyl (C=O) groups excluding carboxylic acids is 1. The quantitative estimate of drug-likeness (QED) is 0.744. The Morgan fingerprint density at radius 2 is 2.00 bits per heavy atom. The number of hydrogen-bond donors (Lipinski definition) is 2. The first-order chi connectivity index (χ1) is 7.95. The SMILES string of the molecule is CCN(C(=O)N[C@@H](CC(C)C)C(=O)O)C1CC1. The minimum Gasteiger partial charge on any atom is -0.480 e. The number of amides is 2. The Morgan fingerprint density at radius 1 is 1.41 bits per heavy atom. The van der Waals surface area contributed by atoms with E-state index in [4.69, 9.17) is 5.11 Å². The molecule has 5 nitrogen and oxygen atoms in total. The summed E-state index contributed by atoms with van der Waals surface area (Å²) < 4.78 is 0. The van der Waals surface area contributed by atoms with Crippen molar-refractivity contribution in [2.75, 3.05) is 6.54 Å². The highest BCUT2D eigenvalue weighted by Crippen LogP contribution is 2.26. The van der Waals surface area contributed by atoms with Crippen molar-refractivity contribution in [1.29, 1.82) is 0 Å². The van der Waals surface area contributed by atoms with Crippen LogP contribution < -0.4 is 5.32 Å². The Morgan fingerprint density at radius 3 is 2.35 bits per heavy atom. The fourth-order valence-electron chi connectivity index (χ4n) is 1.88. The van der Waals surface area contributed by atoms with Gasteiger partial charge < -0.3 is 15.3 Å². The molecule has 2 N–H and O–H groups in total. The lowest BCUT2D eigenvalue weighted by Crippen LogP contribution is -2.49. The van der Waals surface area contributed by atoms with E-state index < -0.39 is 12.0 Å². The maximum atomic E-state index is 11.9. The molecule has 0 spiro atoms. The average molecular weight is 242 g/mol. The fraction of sp³-hybridized carbons (Fsp3) is 0.833. The van der Waals surface area contributed by atoms with Crippen LogP contribution in [-0.4, -0.2) is 40.6 Å². The molecule has 1 fully saturated rings. The van der Waals surface area contributed by atoms with Crippen LogP contribution in [0.15, 0.2) is 0 Å². The van der Waals surface area contributed by atoms with Gasteiger partial charge in [0.15, 0.2) is 0 Å². The van der Waals surface area contributed by atoms with Crippen LogP contribution in [0.3, 0.4) is 0 Å². The third-order valence-electron chi connectivity index (χ3n) is 2.89. The number of carboxylic acids is 1. The first-order valence-electron chi connectivity index (χ1n) is 6.25. The molecule has 0 unspecified atom stereocenters. The summed E-state index contributed by atoms with van der Waals surface area (Å²) in [6.45, 7) is 6.43. The minimum atomic E-state index is -0.959. The van der Waals surface area contributed by atoms with Crippen LogP contribution in [0.25, 0.3) is 0 Å². The van der Waals surface area contributed by atoms with Crippen LogP contribution in [0.2, 0.25) is 0 Å². The molecule has 1 saturated carbocycles. The van der Waals surface area contributed by atoms with E-state index in [2.05, 4.69) is 5.32 Å². The van der Waals surface area contributed by atoms with Gasteiger partial charge in [-0.2, -0.15) is 0 Å². The van der Waals surface area contributed by atoms with E-state index in [1.54, 1.807) is 4.90 Å². The summed E-state index contributed by atoms with van der Waals surface area (Å²) in [6.07, 6.45) is 2.52. The second-order valence-electron chi connectivity index (χ2n) is 4.99. The molecule has 1 aliphatic rings. The maximum absolute atomic E-state index is 11.9. The number of aliphatic carboxylic acids is 1. The van der Waals surface area contributed by atoms with Gasteiger partial charge in [-0.25, -0.2) is 9.59 Å². The Labute approximate surface area is 102 Å². The molecule has 2 amide bonds. The van der Waals surface area contributed by atoms with E-state index in [1.807, 2.05) is 20.8 Å². The van der Waals surface area contributed by atoms with Gasteiger partial charge in [-0.15, -0.1) is 0 Å². The first kappa shape index (κ1) is 13.8. The number of nitrogens with one attached hydrogen (secondary N) is 1. The molecule has 98 valence electrons. The zero-order valence-electron chi connectivity index (χ0n) is 10.8. The summed E-state index contributed by atoms with van der Waals surface area (Å²) in [6, 6.07) is -0.716. The number of carboxylic acid groups (broad SMARTS) is 1. The molecule has 5 heteroatoms. The smallest absolute Gasteiger partial charge is 0.326 e. The second-order valence-corrected chi connectivity index (χ2v) is 4.99. The van der Waals surface area contributed by atoms with Crippen molar-refractivity contribution in [1.82, 2.24) is 10.2 Å². The number of nitrogens with zero attached hydrogens (tertiary/aromatic N) is 1.